The van der Waals surface area contributed by atoms with E-state index < -0.39 is 0 Å². The summed E-state index contributed by atoms with van der Waals surface area (Å²) in [6.07, 6.45) is 6.33. The van der Waals surface area contributed by atoms with Crippen LogP contribution in [0.4, 0.5) is 0 Å². The predicted molar refractivity (Wildman–Crippen MR) is 74.5 cm³/mol. The monoisotopic (exact) mass is 239 g/mol. The summed E-state index contributed by atoms with van der Waals surface area (Å²) in [7, 11) is 0. The van der Waals surface area contributed by atoms with Gasteiger partial charge in [0.15, 0.2) is 0 Å². The summed E-state index contributed by atoms with van der Waals surface area (Å²) in [5, 5.41) is 4.05. The Kier molecular flexibility index (Phi) is 8.83. The standard InChI is InChI=1S/C13H23NO.C2H6/c1-5-7-9-12(8-6-2)13-10(3)14-15-11(13)4;1-2/h12H,5-9H2,1-4H3;1-2H3. The minimum absolute atomic E-state index is 0.654. The maximum Gasteiger partial charge on any atom is 0.137 e. The summed E-state index contributed by atoms with van der Waals surface area (Å²) < 4.78 is 5.25. The number of aryl methyl sites for hydroxylation is 2. The molecule has 0 fully saturated rings. The highest BCUT2D eigenvalue weighted by Gasteiger charge is 2.18. The van der Waals surface area contributed by atoms with Gasteiger partial charge in [-0.2, -0.15) is 0 Å². The van der Waals surface area contributed by atoms with Gasteiger partial charge < -0.3 is 4.52 Å². The van der Waals surface area contributed by atoms with E-state index in [9.17, 15) is 0 Å². The van der Waals surface area contributed by atoms with Crippen LogP contribution in [-0.4, -0.2) is 5.16 Å². The van der Waals surface area contributed by atoms with E-state index in [-0.39, 0.29) is 0 Å². The largest absolute Gasteiger partial charge is 0.361 e. The lowest BCUT2D eigenvalue weighted by molar-refractivity contribution is 0.390. The molecule has 2 nitrogen and oxygen atoms in total. The van der Waals surface area contributed by atoms with Gasteiger partial charge in [0.2, 0.25) is 0 Å². The fraction of sp³-hybridized carbons (Fsp3) is 0.800. The van der Waals surface area contributed by atoms with Crippen LogP contribution < -0.4 is 0 Å². The molecule has 0 radical (unpaired) electrons. The van der Waals surface area contributed by atoms with Gasteiger partial charge in [-0.3, -0.25) is 0 Å². The Morgan fingerprint density at radius 3 is 2.12 bits per heavy atom. The third-order valence-corrected chi connectivity index (χ3v) is 3.04. The SMILES string of the molecule is CC.CCCCC(CCC)c1c(C)noc1C. The Morgan fingerprint density at radius 2 is 1.71 bits per heavy atom. The quantitative estimate of drug-likeness (QED) is 0.665. The molecule has 0 saturated heterocycles. The van der Waals surface area contributed by atoms with Gasteiger partial charge in [0.05, 0.1) is 5.69 Å². The smallest absolute Gasteiger partial charge is 0.137 e. The van der Waals surface area contributed by atoms with Crippen LogP contribution in [-0.2, 0) is 0 Å². The van der Waals surface area contributed by atoms with E-state index in [2.05, 4.69) is 25.9 Å². The number of hydrogen-bond donors (Lipinski definition) is 0. The predicted octanol–water partition coefficient (Wildman–Crippen LogP) is 5.39. The van der Waals surface area contributed by atoms with Gasteiger partial charge in [-0.15, -0.1) is 0 Å². The molecule has 100 valence electrons. The summed E-state index contributed by atoms with van der Waals surface area (Å²) in [6.45, 7) is 12.6. The Bertz CT molecular complexity index is 272. The maximum atomic E-state index is 5.25. The van der Waals surface area contributed by atoms with Crippen molar-refractivity contribution in [2.75, 3.05) is 0 Å². The van der Waals surface area contributed by atoms with Crippen LogP contribution in [0.25, 0.3) is 0 Å². The summed E-state index contributed by atoms with van der Waals surface area (Å²) >= 11 is 0. The molecule has 0 aliphatic carbocycles. The lowest BCUT2D eigenvalue weighted by atomic mass is 9.88. The minimum Gasteiger partial charge on any atom is -0.361 e. The molecule has 0 aliphatic rings. The first-order chi connectivity index (χ1) is 8.20. The minimum atomic E-state index is 0.654. The molecule has 0 bridgehead atoms. The molecular weight excluding hydrogens is 210 g/mol. The molecule has 0 spiro atoms. The molecule has 2 heteroatoms. The van der Waals surface area contributed by atoms with Gasteiger partial charge in [0.25, 0.3) is 0 Å². The zero-order valence-corrected chi connectivity index (χ0v) is 12.5. The van der Waals surface area contributed by atoms with Crippen LogP contribution in [0.5, 0.6) is 0 Å². The highest BCUT2D eigenvalue weighted by molar-refractivity contribution is 5.25. The highest BCUT2D eigenvalue weighted by atomic mass is 16.5. The summed E-state index contributed by atoms with van der Waals surface area (Å²) in [4.78, 5) is 0. The fourth-order valence-electron chi connectivity index (χ4n) is 2.30. The van der Waals surface area contributed by atoms with Gasteiger partial charge in [-0.05, 0) is 32.6 Å². The van der Waals surface area contributed by atoms with E-state index in [1.807, 2.05) is 20.8 Å². The van der Waals surface area contributed by atoms with Crippen molar-refractivity contribution in [3.8, 4) is 0 Å². The van der Waals surface area contributed by atoms with Crippen LogP contribution in [0.1, 0.15) is 82.7 Å². The van der Waals surface area contributed by atoms with Crippen molar-refractivity contribution in [2.45, 2.75) is 79.6 Å². The second-order valence-electron chi connectivity index (χ2n) is 4.37. The van der Waals surface area contributed by atoms with Crippen LogP contribution in [0.3, 0.4) is 0 Å². The number of nitrogens with zero attached hydrogens (tertiary/aromatic N) is 1. The van der Waals surface area contributed by atoms with E-state index in [0.29, 0.717) is 5.92 Å². The fourth-order valence-corrected chi connectivity index (χ4v) is 2.30. The highest BCUT2D eigenvalue weighted by Crippen LogP contribution is 2.31. The van der Waals surface area contributed by atoms with Crippen molar-refractivity contribution < 1.29 is 4.52 Å². The van der Waals surface area contributed by atoms with E-state index >= 15 is 0 Å². The average Bonchev–Trinajstić information content (AvgIpc) is 2.67. The Labute approximate surface area is 107 Å². The lowest BCUT2D eigenvalue weighted by Gasteiger charge is -2.15. The van der Waals surface area contributed by atoms with Crippen molar-refractivity contribution in [1.29, 1.82) is 0 Å². The van der Waals surface area contributed by atoms with Crippen molar-refractivity contribution in [3.63, 3.8) is 0 Å². The molecule has 0 saturated carbocycles. The second-order valence-corrected chi connectivity index (χ2v) is 4.37. The molecule has 1 atom stereocenters. The zero-order chi connectivity index (χ0) is 13.3. The van der Waals surface area contributed by atoms with Gasteiger partial charge in [-0.1, -0.05) is 52.1 Å². The van der Waals surface area contributed by atoms with Crippen LogP contribution in [0, 0.1) is 13.8 Å². The number of rotatable bonds is 6. The summed E-state index contributed by atoms with van der Waals surface area (Å²) in [6, 6.07) is 0. The molecule has 0 N–H and O–H groups in total. The number of aromatic nitrogens is 1. The normalized spacial score (nSPS) is 11.9. The van der Waals surface area contributed by atoms with Crippen molar-refractivity contribution in [1.82, 2.24) is 5.16 Å². The molecule has 1 unspecified atom stereocenters. The van der Waals surface area contributed by atoms with E-state index in [4.69, 9.17) is 4.52 Å². The first-order valence-corrected chi connectivity index (χ1v) is 7.13. The Balaban J connectivity index is 0.00000121. The third-order valence-electron chi connectivity index (χ3n) is 3.04. The molecular formula is C15H29NO. The summed E-state index contributed by atoms with van der Waals surface area (Å²) in [5.41, 5.74) is 2.45. The van der Waals surface area contributed by atoms with E-state index in [1.54, 1.807) is 0 Å². The third kappa shape index (κ3) is 4.93. The second kappa shape index (κ2) is 9.26. The van der Waals surface area contributed by atoms with Gasteiger partial charge in [-0.25, -0.2) is 0 Å². The average molecular weight is 239 g/mol. The van der Waals surface area contributed by atoms with Crippen molar-refractivity contribution in [3.05, 3.63) is 17.0 Å². The van der Waals surface area contributed by atoms with Gasteiger partial charge in [0, 0.05) is 5.56 Å². The van der Waals surface area contributed by atoms with Gasteiger partial charge >= 0.3 is 0 Å². The van der Waals surface area contributed by atoms with Crippen LogP contribution in [0.15, 0.2) is 4.52 Å². The van der Waals surface area contributed by atoms with Crippen LogP contribution >= 0.6 is 0 Å². The molecule has 0 aromatic carbocycles. The van der Waals surface area contributed by atoms with Gasteiger partial charge in [0.1, 0.15) is 5.76 Å². The molecule has 1 aromatic rings. The summed E-state index contributed by atoms with van der Waals surface area (Å²) in [5.74, 6) is 1.67. The van der Waals surface area contributed by atoms with Crippen molar-refractivity contribution >= 4 is 0 Å². The van der Waals surface area contributed by atoms with E-state index in [0.717, 1.165) is 11.5 Å². The molecule has 1 rings (SSSR count). The first-order valence-electron chi connectivity index (χ1n) is 7.13. The molecule has 1 aromatic heterocycles. The van der Waals surface area contributed by atoms with E-state index in [1.165, 1.54) is 37.7 Å². The zero-order valence-electron chi connectivity index (χ0n) is 12.5. The van der Waals surface area contributed by atoms with Crippen LogP contribution in [0.2, 0.25) is 0 Å². The van der Waals surface area contributed by atoms with Crippen molar-refractivity contribution in [2.24, 2.45) is 0 Å². The Morgan fingerprint density at radius 1 is 1.06 bits per heavy atom. The molecule has 0 aliphatic heterocycles. The lowest BCUT2D eigenvalue weighted by Crippen LogP contribution is -2.01. The first kappa shape index (κ1) is 16.2. The maximum absolute atomic E-state index is 5.25. The molecule has 0 amide bonds. The molecule has 1 heterocycles. The Hall–Kier alpha value is -0.790. The topological polar surface area (TPSA) is 26.0 Å². The number of unbranched alkanes of at least 4 members (excludes halogenated alkanes) is 1. The molecule has 17 heavy (non-hydrogen) atoms. The number of hydrogen-bond acceptors (Lipinski definition) is 2.